The molecule has 0 saturated carbocycles. The molecule has 0 unspecified atom stereocenters. The van der Waals surface area contributed by atoms with Crippen LogP contribution in [0.15, 0.2) is 10.5 Å². The lowest BCUT2D eigenvalue weighted by molar-refractivity contribution is -0.139. The molecule has 0 fully saturated rings. The van der Waals surface area contributed by atoms with Gasteiger partial charge in [0.2, 0.25) is 5.88 Å². The molecule has 6 heteroatoms. The molecule has 0 atom stereocenters. The lowest BCUT2D eigenvalue weighted by Gasteiger charge is -2.12. The Bertz CT molecular complexity index is 351. The SMILES string of the molecule is COc1nc(C)c(Br)cc1C(F)(F)F. The molecule has 0 aromatic carbocycles. The van der Waals surface area contributed by atoms with Crippen LogP contribution in [0.3, 0.4) is 0 Å². The average Bonchev–Trinajstić information content (AvgIpc) is 2.07. The van der Waals surface area contributed by atoms with Crippen LogP contribution < -0.4 is 4.74 Å². The lowest BCUT2D eigenvalue weighted by atomic mass is 10.2. The van der Waals surface area contributed by atoms with E-state index in [1.54, 1.807) is 6.92 Å². The van der Waals surface area contributed by atoms with Crippen molar-refractivity contribution in [2.45, 2.75) is 13.1 Å². The van der Waals surface area contributed by atoms with Crippen LogP contribution in [-0.2, 0) is 6.18 Å². The summed E-state index contributed by atoms with van der Waals surface area (Å²) >= 11 is 2.98. The molecule has 0 radical (unpaired) electrons. The summed E-state index contributed by atoms with van der Waals surface area (Å²) in [5.74, 6) is -0.404. The van der Waals surface area contributed by atoms with Crippen molar-refractivity contribution in [3.8, 4) is 5.88 Å². The van der Waals surface area contributed by atoms with Crippen molar-refractivity contribution in [2.75, 3.05) is 7.11 Å². The smallest absolute Gasteiger partial charge is 0.421 e. The van der Waals surface area contributed by atoms with Crippen LogP contribution in [0.5, 0.6) is 5.88 Å². The van der Waals surface area contributed by atoms with E-state index < -0.39 is 17.6 Å². The zero-order chi connectivity index (χ0) is 10.9. The Morgan fingerprint density at radius 3 is 2.43 bits per heavy atom. The van der Waals surface area contributed by atoms with Gasteiger partial charge in [0.05, 0.1) is 12.8 Å². The molecule has 0 N–H and O–H groups in total. The van der Waals surface area contributed by atoms with Gasteiger partial charge in [-0.3, -0.25) is 0 Å². The molecule has 1 aromatic rings. The van der Waals surface area contributed by atoms with Gasteiger partial charge >= 0.3 is 6.18 Å². The van der Waals surface area contributed by atoms with E-state index >= 15 is 0 Å². The maximum atomic E-state index is 12.4. The van der Waals surface area contributed by atoms with Gasteiger partial charge in [0.25, 0.3) is 0 Å². The summed E-state index contributed by atoms with van der Waals surface area (Å²) in [4.78, 5) is 3.67. The summed E-state index contributed by atoms with van der Waals surface area (Å²) in [5, 5.41) is 0. The van der Waals surface area contributed by atoms with Gasteiger partial charge in [-0.05, 0) is 28.9 Å². The van der Waals surface area contributed by atoms with E-state index in [4.69, 9.17) is 0 Å². The summed E-state index contributed by atoms with van der Waals surface area (Å²) < 4.78 is 42.1. The summed E-state index contributed by atoms with van der Waals surface area (Å²) in [7, 11) is 1.16. The Balaban J connectivity index is 3.35. The van der Waals surface area contributed by atoms with Crippen molar-refractivity contribution >= 4 is 15.9 Å². The predicted molar refractivity (Wildman–Crippen MR) is 48.2 cm³/mol. The summed E-state index contributed by atoms with van der Waals surface area (Å²) in [5.41, 5.74) is -0.424. The first-order valence-corrected chi connectivity index (χ1v) is 4.44. The molecular weight excluding hydrogens is 263 g/mol. The minimum atomic E-state index is -4.45. The Labute approximate surface area is 87.2 Å². The van der Waals surface area contributed by atoms with Crippen LogP contribution in [0, 0.1) is 6.92 Å². The number of pyridine rings is 1. The number of hydrogen-bond acceptors (Lipinski definition) is 2. The highest BCUT2D eigenvalue weighted by Gasteiger charge is 2.35. The van der Waals surface area contributed by atoms with Gasteiger partial charge in [0, 0.05) is 4.47 Å². The largest absolute Gasteiger partial charge is 0.481 e. The third kappa shape index (κ3) is 2.17. The fraction of sp³-hybridized carbons (Fsp3) is 0.375. The molecule has 14 heavy (non-hydrogen) atoms. The summed E-state index contributed by atoms with van der Waals surface area (Å²) in [6.07, 6.45) is -4.45. The fourth-order valence-electron chi connectivity index (χ4n) is 0.918. The summed E-state index contributed by atoms with van der Waals surface area (Å²) in [6.45, 7) is 1.59. The second-order valence-corrected chi connectivity index (χ2v) is 3.46. The van der Waals surface area contributed by atoms with E-state index in [9.17, 15) is 13.2 Å². The number of aryl methyl sites for hydroxylation is 1. The monoisotopic (exact) mass is 269 g/mol. The van der Waals surface area contributed by atoms with E-state index in [-0.39, 0.29) is 0 Å². The Morgan fingerprint density at radius 1 is 1.43 bits per heavy atom. The molecule has 0 saturated heterocycles. The molecule has 0 aliphatic rings. The molecule has 1 heterocycles. The number of ether oxygens (including phenoxy) is 1. The van der Waals surface area contributed by atoms with Gasteiger partial charge in [-0.25, -0.2) is 4.98 Å². The topological polar surface area (TPSA) is 22.1 Å². The molecular formula is C8H7BrF3NO. The van der Waals surface area contributed by atoms with Crippen LogP contribution in [0.25, 0.3) is 0 Å². The minimum Gasteiger partial charge on any atom is -0.481 e. The van der Waals surface area contributed by atoms with Crippen molar-refractivity contribution in [1.29, 1.82) is 0 Å². The zero-order valence-corrected chi connectivity index (χ0v) is 9.03. The first kappa shape index (κ1) is 11.3. The van der Waals surface area contributed by atoms with E-state index in [0.29, 0.717) is 10.2 Å². The van der Waals surface area contributed by atoms with Crippen LogP contribution in [-0.4, -0.2) is 12.1 Å². The zero-order valence-electron chi connectivity index (χ0n) is 7.44. The molecule has 0 aliphatic carbocycles. The number of rotatable bonds is 1. The summed E-state index contributed by atoms with van der Waals surface area (Å²) in [6, 6.07) is 0.959. The molecule has 0 aliphatic heterocycles. The highest BCUT2D eigenvalue weighted by atomic mass is 79.9. The quantitative estimate of drug-likeness (QED) is 0.781. The van der Waals surface area contributed by atoms with Crippen molar-refractivity contribution in [2.24, 2.45) is 0 Å². The van der Waals surface area contributed by atoms with Crippen molar-refractivity contribution in [3.05, 3.63) is 21.8 Å². The van der Waals surface area contributed by atoms with Crippen molar-refractivity contribution in [3.63, 3.8) is 0 Å². The lowest BCUT2D eigenvalue weighted by Crippen LogP contribution is -2.09. The molecule has 0 bridgehead atoms. The van der Waals surface area contributed by atoms with Gasteiger partial charge in [-0.15, -0.1) is 0 Å². The maximum absolute atomic E-state index is 12.4. The normalized spacial score (nSPS) is 11.6. The number of halogens is 4. The van der Waals surface area contributed by atoms with Crippen LogP contribution >= 0.6 is 15.9 Å². The van der Waals surface area contributed by atoms with Gasteiger partial charge in [-0.2, -0.15) is 13.2 Å². The van der Waals surface area contributed by atoms with E-state index in [0.717, 1.165) is 13.2 Å². The van der Waals surface area contributed by atoms with Gasteiger partial charge in [0.15, 0.2) is 0 Å². The molecule has 0 amide bonds. The van der Waals surface area contributed by atoms with E-state index in [1.807, 2.05) is 0 Å². The number of aromatic nitrogens is 1. The molecule has 78 valence electrons. The third-order valence-corrected chi connectivity index (χ3v) is 2.42. The minimum absolute atomic E-state index is 0.311. The van der Waals surface area contributed by atoms with Gasteiger partial charge in [-0.1, -0.05) is 0 Å². The molecule has 2 nitrogen and oxygen atoms in total. The standard InChI is InChI=1S/C8H7BrF3NO/c1-4-6(9)3-5(8(10,11)12)7(13-4)14-2/h3H,1-2H3. The Hall–Kier alpha value is -0.780. The molecule has 1 aromatic heterocycles. The predicted octanol–water partition coefficient (Wildman–Crippen LogP) is 3.18. The first-order chi connectivity index (χ1) is 6.36. The van der Waals surface area contributed by atoms with Crippen molar-refractivity contribution in [1.82, 2.24) is 4.98 Å². The van der Waals surface area contributed by atoms with Crippen LogP contribution in [0.4, 0.5) is 13.2 Å². The van der Waals surface area contributed by atoms with Gasteiger partial charge in [0.1, 0.15) is 5.56 Å². The second kappa shape index (κ2) is 3.76. The van der Waals surface area contributed by atoms with E-state index in [2.05, 4.69) is 25.7 Å². The molecule has 1 rings (SSSR count). The second-order valence-electron chi connectivity index (χ2n) is 2.61. The third-order valence-electron chi connectivity index (χ3n) is 1.62. The van der Waals surface area contributed by atoms with Crippen molar-refractivity contribution < 1.29 is 17.9 Å². The average molecular weight is 270 g/mol. The number of alkyl halides is 3. The number of hydrogen-bond donors (Lipinski definition) is 0. The van der Waals surface area contributed by atoms with Gasteiger partial charge < -0.3 is 4.74 Å². The van der Waals surface area contributed by atoms with E-state index in [1.165, 1.54) is 0 Å². The highest BCUT2D eigenvalue weighted by molar-refractivity contribution is 9.10. The maximum Gasteiger partial charge on any atom is 0.421 e. The first-order valence-electron chi connectivity index (χ1n) is 3.64. The Kier molecular flexibility index (Phi) is 3.04. The molecule has 0 spiro atoms. The fourth-order valence-corrected chi connectivity index (χ4v) is 1.24. The number of methoxy groups -OCH3 is 1. The Morgan fingerprint density at radius 2 is 2.00 bits per heavy atom. The number of nitrogens with zero attached hydrogens (tertiary/aromatic N) is 1. The van der Waals surface area contributed by atoms with Crippen LogP contribution in [0.1, 0.15) is 11.3 Å². The highest BCUT2D eigenvalue weighted by Crippen LogP contribution is 2.37. The van der Waals surface area contributed by atoms with Crippen LogP contribution in [0.2, 0.25) is 0 Å².